The third kappa shape index (κ3) is 3.22. The highest BCUT2D eigenvalue weighted by molar-refractivity contribution is 5.83. The first-order valence-corrected chi connectivity index (χ1v) is 6.53. The molecule has 0 spiro atoms. The third-order valence-corrected chi connectivity index (χ3v) is 3.72. The molecule has 0 saturated carbocycles. The first kappa shape index (κ1) is 16.3. The molecule has 1 amide bonds. The van der Waals surface area contributed by atoms with Gasteiger partial charge in [-0.2, -0.15) is 13.2 Å². The van der Waals surface area contributed by atoms with E-state index in [4.69, 9.17) is 5.11 Å². The second-order valence-corrected chi connectivity index (χ2v) is 5.15. The van der Waals surface area contributed by atoms with E-state index in [1.54, 1.807) is 18.2 Å². The van der Waals surface area contributed by atoms with Gasteiger partial charge in [-0.3, -0.25) is 9.59 Å². The van der Waals surface area contributed by atoms with Crippen LogP contribution in [0.1, 0.15) is 11.7 Å². The van der Waals surface area contributed by atoms with Gasteiger partial charge in [0.05, 0.1) is 11.8 Å². The van der Waals surface area contributed by atoms with Gasteiger partial charge < -0.3 is 15.1 Å². The predicted octanol–water partition coefficient (Wildman–Crippen LogP) is 1.44. The van der Waals surface area contributed by atoms with Crippen LogP contribution in [0, 0.1) is 11.8 Å². The fourth-order valence-electron chi connectivity index (χ4n) is 2.52. The SMILES string of the molecule is O=C(O)[C@@H]1CN(C(=O)[C@H](O)c2ccccc2)C[C@H]1C(F)(F)F. The van der Waals surface area contributed by atoms with Gasteiger partial charge in [0.15, 0.2) is 6.10 Å². The van der Waals surface area contributed by atoms with Gasteiger partial charge in [0.25, 0.3) is 5.91 Å². The Hall–Kier alpha value is -2.09. The van der Waals surface area contributed by atoms with E-state index in [0.717, 1.165) is 4.90 Å². The number of likely N-dealkylation sites (tertiary alicyclic amines) is 1. The van der Waals surface area contributed by atoms with E-state index < -0.39 is 49.1 Å². The quantitative estimate of drug-likeness (QED) is 0.884. The number of nitrogens with zero attached hydrogens (tertiary/aromatic N) is 1. The highest BCUT2D eigenvalue weighted by Gasteiger charge is 2.53. The first-order valence-electron chi connectivity index (χ1n) is 6.53. The number of aliphatic hydroxyl groups excluding tert-OH is 1. The van der Waals surface area contributed by atoms with Crippen LogP contribution >= 0.6 is 0 Å². The number of carboxylic acids is 1. The number of hydrogen-bond donors (Lipinski definition) is 2. The molecule has 1 aromatic carbocycles. The Morgan fingerprint density at radius 2 is 1.77 bits per heavy atom. The lowest BCUT2D eigenvalue weighted by atomic mass is 9.96. The number of aliphatic carboxylic acids is 1. The zero-order valence-electron chi connectivity index (χ0n) is 11.3. The fourth-order valence-corrected chi connectivity index (χ4v) is 2.52. The van der Waals surface area contributed by atoms with Gasteiger partial charge in [0, 0.05) is 13.1 Å². The molecule has 22 heavy (non-hydrogen) atoms. The minimum absolute atomic E-state index is 0.245. The molecule has 0 unspecified atom stereocenters. The van der Waals surface area contributed by atoms with Crippen molar-refractivity contribution in [2.75, 3.05) is 13.1 Å². The van der Waals surface area contributed by atoms with Crippen LogP contribution in [0.4, 0.5) is 13.2 Å². The summed E-state index contributed by atoms with van der Waals surface area (Å²) in [6, 6.07) is 7.75. The van der Waals surface area contributed by atoms with Crippen molar-refractivity contribution in [3.63, 3.8) is 0 Å². The summed E-state index contributed by atoms with van der Waals surface area (Å²) in [5.74, 6) is -6.38. The largest absolute Gasteiger partial charge is 0.481 e. The lowest BCUT2D eigenvalue weighted by molar-refractivity contribution is -0.188. The Morgan fingerprint density at radius 1 is 1.18 bits per heavy atom. The van der Waals surface area contributed by atoms with E-state index in [1.807, 2.05) is 0 Å². The van der Waals surface area contributed by atoms with Gasteiger partial charge in [0.2, 0.25) is 0 Å². The molecule has 1 heterocycles. The number of hydrogen-bond acceptors (Lipinski definition) is 3. The zero-order valence-corrected chi connectivity index (χ0v) is 11.3. The summed E-state index contributed by atoms with van der Waals surface area (Å²) in [5.41, 5.74) is 0.245. The van der Waals surface area contributed by atoms with Crippen molar-refractivity contribution in [3.05, 3.63) is 35.9 Å². The second-order valence-electron chi connectivity index (χ2n) is 5.15. The number of rotatable bonds is 3. The lowest BCUT2D eigenvalue weighted by Gasteiger charge is -2.21. The van der Waals surface area contributed by atoms with E-state index in [1.165, 1.54) is 12.1 Å². The van der Waals surface area contributed by atoms with E-state index in [0.29, 0.717) is 0 Å². The van der Waals surface area contributed by atoms with E-state index >= 15 is 0 Å². The molecular weight excluding hydrogens is 303 g/mol. The fraction of sp³-hybridized carbons (Fsp3) is 0.429. The highest BCUT2D eigenvalue weighted by atomic mass is 19.4. The molecule has 1 saturated heterocycles. The molecule has 8 heteroatoms. The summed E-state index contributed by atoms with van der Waals surface area (Å²) < 4.78 is 38.6. The van der Waals surface area contributed by atoms with E-state index in [9.17, 15) is 27.9 Å². The lowest BCUT2D eigenvalue weighted by Crippen LogP contribution is -2.35. The average Bonchev–Trinajstić information content (AvgIpc) is 2.92. The normalized spacial score (nSPS) is 23.4. The van der Waals surface area contributed by atoms with Crippen LogP contribution in [-0.4, -0.2) is 46.3 Å². The van der Waals surface area contributed by atoms with Gasteiger partial charge in [-0.25, -0.2) is 0 Å². The maximum atomic E-state index is 12.9. The predicted molar refractivity (Wildman–Crippen MR) is 68.7 cm³/mol. The molecule has 2 rings (SSSR count). The smallest absolute Gasteiger partial charge is 0.394 e. The van der Waals surface area contributed by atoms with Crippen molar-refractivity contribution < 1.29 is 33.0 Å². The third-order valence-electron chi connectivity index (χ3n) is 3.72. The molecule has 2 N–H and O–H groups in total. The number of aliphatic hydroxyl groups is 1. The number of alkyl halides is 3. The van der Waals surface area contributed by atoms with Crippen LogP contribution in [0.3, 0.4) is 0 Å². The van der Waals surface area contributed by atoms with Crippen LogP contribution in [0.15, 0.2) is 30.3 Å². The van der Waals surface area contributed by atoms with Crippen molar-refractivity contribution in [2.24, 2.45) is 11.8 Å². The Bertz CT molecular complexity index is 561. The van der Waals surface area contributed by atoms with Gasteiger partial charge in [-0.05, 0) is 5.56 Å². The Balaban J connectivity index is 2.16. The number of carbonyl (C=O) groups excluding carboxylic acids is 1. The molecule has 1 aromatic rings. The molecule has 1 aliphatic heterocycles. The molecular formula is C14H14F3NO4. The number of carboxylic acid groups (broad SMARTS) is 1. The molecule has 1 aliphatic rings. The average molecular weight is 317 g/mol. The van der Waals surface area contributed by atoms with Gasteiger partial charge >= 0.3 is 12.1 Å². The van der Waals surface area contributed by atoms with Crippen LogP contribution < -0.4 is 0 Å². The Labute approximate surface area is 124 Å². The van der Waals surface area contributed by atoms with Crippen molar-refractivity contribution in [1.29, 1.82) is 0 Å². The number of halogens is 3. The summed E-state index contributed by atoms with van der Waals surface area (Å²) >= 11 is 0. The maximum Gasteiger partial charge on any atom is 0.394 e. The van der Waals surface area contributed by atoms with Gasteiger partial charge in [0.1, 0.15) is 0 Å². The minimum atomic E-state index is -4.71. The monoisotopic (exact) mass is 317 g/mol. The molecule has 0 bridgehead atoms. The van der Waals surface area contributed by atoms with Gasteiger partial charge in [-0.1, -0.05) is 30.3 Å². The highest BCUT2D eigenvalue weighted by Crippen LogP contribution is 2.38. The standard InChI is InChI=1S/C14H14F3NO4/c15-14(16,17)10-7-18(6-9(10)13(21)22)12(20)11(19)8-4-2-1-3-5-8/h1-5,9-11,19H,6-7H2,(H,21,22)/t9-,10-,11-/m1/s1. The topological polar surface area (TPSA) is 77.8 Å². The summed E-state index contributed by atoms with van der Waals surface area (Å²) in [7, 11) is 0. The molecule has 0 aliphatic carbocycles. The number of carbonyl (C=O) groups is 2. The number of amides is 1. The number of benzene rings is 1. The molecule has 0 radical (unpaired) electrons. The van der Waals surface area contributed by atoms with Crippen LogP contribution in [0.25, 0.3) is 0 Å². The molecule has 3 atom stereocenters. The van der Waals surface area contributed by atoms with Crippen LogP contribution in [-0.2, 0) is 9.59 Å². The molecule has 5 nitrogen and oxygen atoms in total. The van der Waals surface area contributed by atoms with Gasteiger partial charge in [-0.15, -0.1) is 0 Å². The zero-order chi connectivity index (χ0) is 16.5. The molecule has 1 fully saturated rings. The van der Waals surface area contributed by atoms with E-state index in [2.05, 4.69) is 0 Å². The summed E-state index contributed by atoms with van der Waals surface area (Å²) in [6.45, 7) is -1.33. The van der Waals surface area contributed by atoms with E-state index in [-0.39, 0.29) is 5.56 Å². The Morgan fingerprint density at radius 3 is 2.23 bits per heavy atom. The second kappa shape index (κ2) is 5.96. The van der Waals surface area contributed by atoms with Crippen LogP contribution in [0.2, 0.25) is 0 Å². The Kier molecular flexibility index (Phi) is 4.41. The summed E-state index contributed by atoms with van der Waals surface area (Å²) in [6.07, 6.45) is -6.32. The van der Waals surface area contributed by atoms with Crippen molar-refractivity contribution >= 4 is 11.9 Å². The van der Waals surface area contributed by atoms with Crippen molar-refractivity contribution in [3.8, 4) is 0 Å². The first-order chi connectivity index (χ1) is 10.2. The summed E-state index contributed by atoms with van der Waals surface area (Å²) in [4.78, 5) is 23.8. The van der Waals surface area contributed by atoms with Crippen LogP contribution in [0.5, 0.6) is 0 Å². The molecule has 0 aromatic heterocycles. The minimum Gasteiger partial charge on any atom is -0.481 e. The molecule has 120 valence electrons. The summed E-state index contributed by atoms with van der Waals surface area (Å²) in [5, 5.41) is 18.8. The van der Waals surface area contributed by atoms with Crippen molar-refractivity contribution in [2.45, 2.75) is 12.3 Å². The maximum absolute atomic E-state index is 12.9. The van der Waals surface area contributed by atoms with Crippen molar-refractivity contribution in [1.82, 2.24) is 4.90 Å².